The molecule has 2 heterocycles. The van der Waals surface area contributed by atoms with Crippen molar-refractivity contribution in [3.05, 3.63) is 207 Å². The SMILES string of the molecule is C/C=c1/c(-c2cc(C)cc(C)c2)c2cc(N3c4ccccc4CCc4ccccc43)ccc2c(-c2cc(C)cc(C)c2)/c1=C/CN1c2ccccc2CCc2ccccc21. The van der Waals surface area contributed by atoms with Crippen LogP contribution >= 0.6 is 0 Å². The molecule has 0 amide bonds. The Morgan fingerprint density at radius 1 is 0.433 bits per heavy atom. The molecule has 0 aliphatic carbocycles. The number of fused-ring (bicyclic) bond motifs is 5. The maximum absolute atomic E-state index is 2.56. The molecule has 0 bridgehead atoms. The van der Waals surface area contributed by atoms with Gasteiger partial charge in [0.1, 0.15) is 0 Å². The summed E-state index contributed by atoms with van der Waals surface area (Å²) < 4.78 is 0. The van der Waals surface area contributed by atoms with Crippen molar-refractivity contribution in [3.63, 3.8) is 0 Å². The molecule has 2 heteroatoms. The highest BCUT2D eigenvalue weighted by atomic mass is 15.2. The van der Waals surface area contributed by atoms with E-state index in [0.29, 0.717) is 0 Å². The number of hydrogen-bond donors (Lipinski definition) is 0. The van der Waals surface area contributed by atoms with Crippen molar-refractivity contribution in [3.8, 4) is 22.3 Å². The van der Waals surface area contributed by atoms with Crippen molar-refractivity contribution in [2.24, 2.45) is 0 Å². The number of nitrogens with zero attached hydrogens (tertiary/aromatic N) is 2. The quantitative estimate of drug-likeness (QED) is 0.172. The van der Waals surface area contributed by atoms with Crippen LogP contribution in [0, 0.1) is 27.7 Å². The maximum atomic E-state index is 2.56. The van der Waals surface area contributed by atoms with E-state index in [0.717, 1.165) is 32.2 Å². The molecule has 0 atom stereocenters. The Hall–Kier alpha value is -6.64. The maximum Gasteiger partial charge on any atom is 0.0493 e. The van der Waals surface area contributed by atoms with Gasteiger partial charge in [-0.05, 0) is 162 Å². The van der Waals surface area contributed by atoms with Crippen molar-refractivity contribution in [2.45, 2.75) is 60.3 Å². The summed E-state index contributed by atoms with van der Waals surface area (Å²) in [5.41, 5.74) is 22.0. The first-order valence-corrected chi connectivity index (χ1v) is 21.7. The number of rotatable bonds is 5. The lowest BCUT2D eigenvalue weighted by Crippen LogP contribution is -2.32. The minimum atomic E-state index is 0.740. The molecule has 0 saturated carbocycles. The van der Waals surface area contributed by atoms with Gasteiger partial charge in [0.05, 0.1) is 0 Å². The first kappa shape index (κ1) is 37.6. The van der Waals surface area contributed by atoms with Crippen LogP contribution in [0.1, 0.15) is 51.4 Å². The molecule has 10 rings (SSSR count). The minimum Gasteiger partial charge on any atom is -0.337 e. The Kier molecular flexibility index (Phi) is 9.73. The third-order valence-corrected chi connectivity index (χ3v) is 12.8. The van der Waals surface area contributed by atoms with E-state index >= 15 is 0 Å². The Morgan fingerprint density at radius 2 is 0.850 bits per heavy atom. The summed E-state index contributed by atoms with van der Waals surface area (Å²) in [5, 5.41) is 5.08. The lowest BCUT2D eigenvalue weighted by atomic mass is 9.86. The van der Waals surface area contributed by atoms with Crippen LogP contribution < -0.4 is 20.2 Å². The van der Waals surface area contributed by atoms with Gasteiger partial charge in [-0.2, -0.15) is 0 Å². The predicted molar refractivity (Wildman–Crippen MR) is 257 cm³/mol. The molecule has 60 heavy (non-hydrogen) atoms. The molecule has 0 spiro atoms. The molecule has 0 aromatic heterocycles. The molecule has 2 aliphatic rings. The fourth-order valence-corrected chi connectivity index (χ4v) is 10.3. The van der Waals surface area contributed by atoms with Crippen molar-refractivity contribution >= 4 is 51.4 Å². The van der Waals surface area contributed by atoms with E-state index in [4.69, 9.17) is 0 Å². The van der Waals surface area contributed by atoms with Gasteiger partial charge in [0.2, 0.25) is 0 Å². The molecule has 294 valence electrons. The number of benzene rings is 8. The Morgan fingerprint density at radius 3 is 1.32 bits per heavy atom. The Balaban J connectivity index is 1.31. The Labute approximate surface area is 355 Å². The van der Waals surface area contributed by atoms with Crippen LogP contribution in [-0.4, -0.2) is 6.54 Å². The summed E-state index contributed by atoms with van der Waals surface area (Å²) in [4.78, 5) is 5.07. The molecule has 0 saturated heterocycles. The van der Waals surface area contributed by atoms with Crippen LogP contribution in [0.3, 0.4) is 0 Å². The minimum absolute atomic E-state index is 0.740. The second-order valence-electron chi connectivity index (χ2n) is 17.0. The topological polar surface area (TPSA) is 6.48 Å². The number of anilines is 5. The van der Waals surface area contributed by atoms with E-state index in [2.05, 4.69) is 208 Å². The van der Waals surface area contributed by atoms with E-state index in [1.165, 1.54) is 116 Å². The highest BCUT2D eigenvalue weighted by Crippen LogP contribution is 2.44. The normalized spacial score (nSPS) is 14.0. The molecule has 0 radical (unpaired) electrons. The third-order valence-electron chi connectivity index (χ3n) is 12.8. The average molecular weight is 777 g/mol. The molecule has 0 N–H and O–H groups in total. The van der Waals surface area contributed by atoms with Crippen molar-refractivity contribution in [1.29, 1.82) is 0 Å². The zero-order chi connectivity index (χ0) is 40.9. The van der Waals surface area contributed by atoms with Gasteiger partial charge in [0.25, 0.3) is 0 Å². The largest absolute Gasteiger partial charge is 0.337 e. The van der Waals surface area contributed by atoms with Crippen LogP contribution in [0.15, 0.2) is 152 Å². The molecule has 0 unspecified atom stereocenters. The molecule has 8 aromatic carbocycles. The van der Waals surface area contributed by atoms with Crippen LogP contribution in [0.4, 0.5) is 28.4 Å². The standard InChI is InChI=1S/C58H52N2/c1-6-49-51(29-30-59-53-19-11-7-15-42(53)23-24-43-16-8-12-20-54(43)59)58(47-35-40(4)32-41(5)36-47)50-28-27-48(37-52(50)57(49)46-33-38(2)31-39(3)34-46)60-55-21-13-9-17-44(55)25-26-45-18-10-14-22-56(45)60/h6-22,27-29,31-37H,23-26,30H2,1-5H3/b49-6+,51-29+. The van der Waals surface area contributed by atoms with Gasteiger partial charge in [0, 0.05) is 35.0 Å². The zero-order valence-electron chi connectivity index (χ0n) is 35.5. The van der Waals surface area contributed by atoms with E-state index in [9.17, 15) is 0 Å². The first-order chi connectivity index (χ1) is 29.3. The van der Waals surface area contributed by atoms with Gasteiger partial charge in [0.15, 0.2) is 0 Å². The van der Waals surface area contributed by atoms with Crippen molar-refractivity contribution < 1.29 is 0 Å². The second-order valence-corrected chi connectivity index (χ2v) is 17.0. The first-order valence-electron chi connectivity index (χ1n) is 21.7. The van der Waals surface area contributed by atoms with Gasteiger partial charge < -0.3 is 9.80 Å². The summed E-state index contributed by atoms with van der Waals surface area (Å²) in [6.45, 7) is 11.9. The second kappa shape index (κ2) is 15.5. The van der Waals surface area contributed by atoms with Crippen molar-refractivity contribution in [2.75, 3.05) is 16.3 Å². The predicted octanol–water partition coefficient (Wildman–Crippen LogP) is 13.5. The number of aryl methyl sites for hydroxylation is 8. The van der Waals surface area contributed by atoms with E-state index in [1.54, 1.807) is 0 Å². The molecule has 2 aliphatic heterocycles. The van der Waals surface area contributed by atoms with Crippen molar-refractivity contribution in [1.82, 2.24) is 0 Å². The van der Waals surface area contributed by atoms with Gasteiger partial charge in [-0.25, -0.2) is 0 Å². The van der Waals surface area contributed by atoms with Gasteiger partial charge >= 0.3 is 0 Å². The molecule has 0 fully saturated rings. The molecule has 2 nitrogen and oxygen atoms in total. The van der Waals surface area contributed by atoms with E-state index in [1.807, 2.05) is 0 Å². The van der Waals surface area contributed by atoms with Gasteiger partial charge in [-0.1, -0.05) is 150 Å². The van der Waals surface area contributed by atoms with E-state index in [-0.39, 0.29) is 0 Å². The smallest absolute Gasteiger partial charge is 0.0493 e. The van der Waals surface area contributed by atoms with Crippen LogP contribution in [0.25, 0.3) is 45.2 Å². The summed E-state index contributed by atoms with van der Waals surface area (Å²) in [6, 6.07) is 57.4. The average Bonchev–Trinajstić information content (AvgIpc) is 3.52. The molecular weight excluding hydrogens is 725 g/mol. The fourth-order valence-electron chi connectivity index (χ4n) is 10.3. The molecule has 8 aromatic rings. The number of hydrogen-bond acceptors (Lipinski definition) is 2. The van der Waals surface area contributed by atoms with Gasteiger partial charge in [-0.3, -0.25) is 0 Å². The highest BCUT2D eigenvalue weighted by molar-refractivity contribution is 6.08. The van der Waals surface area contributed by atoms with Gasteiger partial charge in [-0.15, -0.1) is 0 Å². The Bertz CT molecular complexity index is 2960. The summed E-state index contributed by atoms with van der Waals surface area (Å²) in [6.07, 6.45) is 9.00. The van der Waals surface area contributed by atoms with E-state index < -0.39 is 0 Å². The summed E-state index contributed by atoms with van der Waals surface area (Å²) in [7, 11) is 0. The number of para-hydroxylation sites is 4. The fraction of sp³-hybridized carbons (Fsp3) is 0.172. The summed E-state index contributed by atoms with van der Waals surface area (Å²) in [5.74, 6) is 0. The lowest BCUT2D eigenvalue weighted by molar-refractivity contribution is 0.977. The monoisotopic (exact) mass is 776 g/mol. The lowest BCUT2D eigenvalue weighted by Gasteiger charge is -2.28. The summed E-state index contributed by atoms with van der Waals surface area (Å²) >= 11 is 0. The van der Waals surface area contributed by atoms with Crippen LogP contribution in [0.5, 0.6) is 0 Å². The van der Waals surface area contributed by atoms with Crippen LogP contribution in [-0.2, 0) is 25.7 Å². The highest BCUT2D eigenvalue weighted by Gasteiger charge is 2.25. The zero-order valence-corrected chi connectivity index (χ0v) is 35.5. The third kappa shape index (κ3) is 6.71. The molecular formula is C58H52N2. The van der Waals surface area contributed by atoms with Crippen LogP contribution in [0.2, 0.25) is 0 Å².